The van der Waals surface area contributed by atoms with Crippen LogP contribution in [-0.2, 0) is 16.0 Å². The third-order valence-electron chi connectivity index (χ3n) is 2.95. The van der Waals surface area contributed by atoms with Crippen molar-refractivity contribution in [2.45, 2.75) is 30.1 Å². The molecule has 0 aliphatic heterocycles. The lowest BCUT2D eigenvalue weighted by atomic mass is 10.1. The van der Waals surface area contributed by atoms with Crippen molar-refractivity contribution in [1.82, 2.24) is 0 Å². The van der Waals surface area contributed by atoms with E-state index in [1.807, 2.05) is 32.0 Å². The molecule has 0 N–H and O–H groups in total. The highest BCUT2D eigenvalue weighted by Gasteiger charge is 2.29. The van der Waals surface area contributed by atoms with Gasteiger partial charge in [-0.15, -0.1) is 0 Å². The van der Waals surface area contributed by atoms with E-state index in [2.05, 4.69) is 22.6 Å². The van der Waals surface area contributed by atoms with Crippen LogP contribution >= 0.6 is 22.6 Å². The van der Waals surface area contributed by atoms with Crippen LogP contribution in [0.4, 0.5) is 0 Å². The minimum absolute atomic E-state index is 0.140. The zero-order valence-electron chi connectivity index (χ0n) is 9.96. The second-order valence-corrected chi connectivity index (χ2v) is 6.69. The van der Waals surface area contributed by atoms with Gasteiger partial charge in [-0.2, -0.15) is 0 Å². The summed E-state index contributed by atoms with van der Waals surface area (Å²) in [5, 5.41) is 0. The van der Waals surface area contributed by atoms with Gasteiger partial charge in [0.05, 0.1) is 6.61 Å². The second kappa shape index (κ2) is 4.84. The molecular formula is C13H15IO3. The second-order valence-electron chi connectivity index (χ2n) is 4.31. The third-order valence-corrected chi connectivity index (χ3v) is 4.16. The van der Waals surface area contributed by atoms with Gasteiger partial charge in [-0.3, -0.25) is 4.79 Å². The molecule has 1 unspecified atom stereocenters. The van der Waals surface area contributed by atoms with E-state index in [1.165, 1.54) is 0 Å². The number of fused-ring (bicyclic) bond motifs is 2. The van der Waals surface area contributed by atoms with Crippen LogP contribution in [0.2, 0.25) is 0 Å². The average molecular weight is 346 g/mol. The Hall–Kier alpha value is -0.780. The van der Waals surface area contributed by atoms with Gasteiger partial charge in [0.25, 0.3) is 0 Å². The number of esters is 1. The molecule has 92 valence electrons. The number of halogens is 1. The summed E-state index contributed by atoms with van der Waals surface area (Å²) in [5.74, 6) is -0.140. The monoisotopic (exact) mass is 346 g/mol. The number of hydrogen-bond donors (Lipinski definition) is 0. The highest BCUT2D eigenvalue weighted by Crippen LogP contribution is 2.25. The molecular weight excluding hydrogens is 331 g/mol. The standard InChI is InChI=1S/C13H15IO3/c1-3-13(2,14)12(15)16-7-6-9-8-10-4-5-11(9)17-10/h4-5,8H,3,6-7H2,1-2H3. The number of ether oxygens (including phenoxy) is 1. The number of carbonyl (C=O) groups excluding carboxylic acids is 1. The molecule has 2 rings (SSSR count). The molecule has 2 heterocycles. The van der Waals surface area contributed by atoms with Gasteiger partial charge in [0, 0.05) is 12.0 Å². The van der Waals surface area contributed by atoms with E-state index in [0.717, 1.165) is 23.2 Å². The third kappa shape index (κ3) is 2.73. The van der Waals surface area contributed by atoms with Crippen LogP contribution in [0.5, 0.6) is 0 Å². The van der Waals surface area contributed by atoms with Crippen LogP contribution in [0.25, 0.3) is 11.2 Å². The number of furan rings is 2. The first-order valence-corrected chi connectivity index (χ1v) is 6.78. The van der Waals surface area contributed by atoms with Crippen molar-refractivity contribution < 1.29 is 13.9 Å². The van der Waals surface area contributed by atoms with Gasteiger partial charge in [0.1, 0.15) is 14.6 Å². The van der Waals surface area contributed by atoms with E-state index < -0.39 is 3.42 Å². The molecule has 17 heavy (non-hydrogen) atoms. The fourth-order valence-corrected chi connectivity index (χ4v) is 1.75. The van der Waals surface area contributed by atoms with Gasteiger partial charge in [0.15, 0.2) is 0 Å². The van der Waals surface area contributed by atoms with E-state index in [4.69, 9.17) is 9.15 Å². The largest absolute Gasteiger partial charge is 0.464 e. The van der Waals surface area contributed by atoms with Crippen LogP contribution in [0.1, 0.15) is 25.8 Å². The Balaban J connectivity index is 1.84. The predicted molar refractivity (Wildman–Crippen MR) is 74.8 cm³/mol. The fourth-order valence-electron chi connectivity index (χ4n) is 1.59. The van der Waals surface area contributed by atoms with Crippen molar-refractivity contribution >= 4 is 39.7 Å². The predicted octanol–water partition coefficient (Wildman–Crippen LogP) is 3.56. The van der Waals surface area contributed by atoms with Gasteiger partial charge < -0.3 is 9.15 Å². The molecule has 4 heteroatoms. The van der Waals surface area contributed by atoms with Crippen molar-refractivity contribution in [3.05, 3.63) is 23.8 Å². The maximum Gasteiger partial charge on any atom is 0.321 e. The molecule has 3 nitrogen and oxygen atoms in total. The van der Waals surface area contributed by atoms with Gasteiger partial charge in [-0.1, -0.05) is 29.5 Å². The molecule has 0 radical (unpaired) electrons. The fraction of sp³-hybridized carbons (Fsp3) is 0.462. The lowest BCUT2D eigenvalue weighted by molar-refractivity contribution is -0.145. The highest BCUT2D eigenvalue weighted by molar-refractivity contribution is 14.1. The maximum absolute atomic E-state index is 11.7. The zero-order valence-corrected chi connectivity index (χ0v) is 12.1. The van der Waals surface area contributed by atoms with Crippen molar-refractivity contribution in [3.8, 4) is 0 Å². The van der Waals surface area contributed by atoms with Gasteiger partial charge in [-0.25, -0.2) is 0 Å². The lowest BCUT2D eigenvalue weighted by Gasteiger charge is -2.18. The summed E-state index contributed by atoms with van der Waals surface area (Å²) < 4.78 is 10.3. The summed E-state index contributed by atoms with van der Waals surface area (Å²) in [5.41, 5.74) is 2.89. The van der Waals surface area contributed by atoms with Crippen molar-refractivity contribution in [3.63, 3.8) is 0 Å². The van der Waals surface area contributed by atoms with Crippen LogP contribution in [0.3, 0.4) is 0 Å². The summed E-state index contributed by atoms with van der Waals surface area (Å²) in [6, 6.07) is 5.87. The Morgan fingerprint density at radius 3 is 2.82 bits per heavy atom. The maximum atomic E-state index is 11.7. The number of alkyl halides is 1. The van der Waals surface area contributed by atoms with E-state index in [-0.39, 0.29) is 5.97 Å². The Morgan fingerprint density at radius 2 is 2.29 bits per heavy atom. The lowest BCUT2D eigenvalue weighted by Crippen LogP contribution is -2.29. The molecule has 0 aliphatic carbocycles. The summed E-state index contributed by atoms with van der Waals surface area (Å²) >= 11 is 2.14. The smallest absolute Gasteiger partial charge is 0.321 e. The molecule has 0 aliphatic rings. The van der Waals surface area contributed by atoms with Crippen LogP contribution in [0.15, 0.2) is 22.6 Å². The van der Waals surface area contributed by atoms with Crippen LogP contribution < -0.4 is 0 Å². The van der Waals surface area contributed by atoms with Crippen LogP contribution in [0, 0.1) is 0 Å². The van der Waals surface area contributed by atoms with Crippen LogP contribution in [-0.4, -0.2) is 16.0 Å². The number of carbonyl (C=O) groups is 1. The molecule has 2 aromatic heterocycles. The Bertz CT molecular complexity index is 501. The van der Waals surface area contributed by atoms with E-state index >= 15 is 0 Å². The quantitative estimate of drug-likeness (QED) is 0.472. The minimum atomic E-state index is -0.418. The zero-order chi connectivity index (χ0) is 12.5. The van der Waals surface area contributed by atoms with Crippen molar-refractivity contribution in [2.75, 3.05) is 6.61 Å². The topological polar surface area (TPSA) is 39.4 Å². The molecule has 1 atom stereocenters. The Kier molecular flexibility index (Phi) is 3.61. The van der Waals surface area contributed by atoms with Gasteiger partial charge in [0.2, 0.25) is 0 Å². The van der Waals surface area contributed by atoms with E-state index in [9.17, 15) is 4.79 Å². The number of benzene rings is 1. The molecule has 2 aromatic rings. The molecule has 0 saturated heterocycles. The summed E-state index contributed by atoms with van der Waals surface area (Å²) in [6.07, 6.45) is 1.49. The average Bonchev–Trinajstić information content (AvgIpc) is 2.90. The SMILES string of the molecule is CCC(C)(I)C(=O)OCCc1cc2ccc1o2. The molecule has 0 fully saturated rings. The molecule has 2 bridgehead atoms. The van der Waals surface area contributed by atoms with Gasteiger partial charge in [-0.05, 0) is 31.5 Å². The number of rotatable bonds is 5. The Labute approximate surface area is 114 Å². The summed E-state index contributed by atoms with van der Waals surface area (Å²) in [4.78, 5) is 11.7. The molecule has 0 spiro atoms. The molecule has 0 aromatic carbocycles. The Morgan fingerprint density at radius 1 is 1.53 bits per heavy atom. The number of hydrogen-bond acceptors (Lipinski definition) is 3. The van der Waals surface area contributed by atoms with Crippen molar-refractivity contribution in [2.24, 2.45) is 0 Å². The molecule has 0 saturated carbocycles. The first-order valence-electron chi connectivity index (χ1n) is 5.70. The minimum Gasteiger partial charge on any atom is -0.464 e. The first-order chi connectivity index (χ1) is 8.03. The summed E-state index contributed by atoms with van der Waals surface area (Å²) in [7, 11) is 0. The first kappa shape index (κ1) is 12.7. The summed E-state index contributed by atoms with van der Waals surface area (Å²) in [6.45, 7) is 4.29. The van der Waals surface area contributed by atoms with E-state index in [1.54, 1.807) is 0 Å². The normalized spacial score (nSPS) is 15.0. The molecule has 0 amide bonds. The van der Waals surface area contributed by atoms with E-state index in [0.29, 0.717) is 13.0 Å². The highest BCUT2D eigenvalue weighted by atomic mass is 127. The van der Waals surface area contributed by atoms with Gasteiger partial charge >= 0.3 is 5.97 Å². The van der Waals surface area contributed by atoms with Crippen molar-refractivity contribution in [1.29, 1.82) is 0 Å².